The van der Waals surface area contributed by atoms with Crippen LogP contribution in [0.1, 0.15) is 20.7 Å². The van der Waals surface area contributed by atoms with Gasteiger partial charge in [-0.1, -0.05) is 4.49 Å². The van der Waals surface area contributed by atoms with Crippen molar-refractivity contribution in [3.63, 3.8) is 0 Å². The molecule has 1 heterocycles. The van der Waals surface area contributed by atoms with E-state index >= 15 is 0 Å². The van der Waals surface area contributed by atoms with Crippen molar-refractivity contribution in [2.75, 3.05) is 0 Å². The lowest BCUT2D eigenvalue weighted by Gasteiger charge is -1.98. The van der Waals surface area contributed by atoms with Gasteiger partial charge in [-0.15, -0.1) is 5.10 Å². The van der Waals surface area contributed by atoms with E-state index < -0.39 is 11.9 Å². The molecule has 0 fully saturated rings. The number of amides is 1. The van der Waals surface area contributed by atoms with Crippen LogP contribution >= 0.6 is 11.5 Å². The molecule has 0 bridgehead atoms. The van der Waals surface area contributed by atoms with E-state index in [1.165, 1.54) is 12.1 Å². The maximum Gasteiger partial charge on any atom is 0.337 e. The molecule has 1 aromatic carbocycles. The number of nitrogens with zero attached hydrogens (tertiary/aromatic N) is 2. The molecule has 0 radical (unpaired) electrons. The Kier molecular flexibility index (Phi) is 2.09. The number of carboxylic acid groups (broad SMARTS) is 1. The third-order valence-corrected chi connectivity index (χ3v) is 2.66. The zero-order chi connectivity index (χ0) is 11.0. The van der Waals surface area contributed by atoms with Crippen LogP contribution in [0.4, 0.5) is 0 Å². The summed E-state index contributed by atoms with van der Waals surface area (Å²) < 4.78 is 3.97. The fourth-order valence-electron chi connectivity index (χ4n) is 1.23. The minimum Gasteiger partial charge on any atom is -0.478 e. The molecule has 0 aliphatic heterocycles. The van der Waals surface area contributed by atoms with Crippen molar-refractivity contribution < 1.29 is 14.7 Å². The molecular formula is C8H5N3O3S. The highest BCUT2D eigenvalue weighted by Gasteiger charge is 2.16. The summed E-state index contributed by atoms with van der Waals surface area (Å²) in [5.74, 6) is -1.73. The molecule has 3 N–H and O–H groups in total. The third kappa shape index (κ3) is 1.42. The lowest BCUT2D eigenvalue weighted by atomic mass is 10.1. The van der Waals surface area contributed by atoms with Crippen LogP contribution in [0.25, 0.3) is 10.2 Å². The predicted molar refractivity (Wildman–Crippen MR) is 52.9 cm³/mol. The number of carboxylic acids is 1. The van der Waals surface area contributed by atoms with Gasteiger partial charge in [0, 0.05) is 0 Å². The van der Waals surface area contributed by atoms with E-state index in [4.69, 9.17) is 10.8 Å². The van der Waals surface area contributed by atoms with Crippen molar-refractivity contribution in [1.82, 2.24) is 9.59 Å². The summed E-state index contributed by atoms with van der Waals surface area (Å²) in [7, 11) is 0. The van der Waals surface area contributed by atoms with Crippen LogP contribution in [0.15, 0.2) is 12.1 Å². The van der Waals surface area contributed by atoms with Gasteiger partial charge in [0.2, 0.25) is 0 Å². The van der Waals surface area contributed by atoms with Gasteiger partial charge in [-0.2, -0.15) is 0 Å². The number of fused-ring (bicyclic) bond motifs is 1. The molecule has 0 aliphatic rings. The van der Waals surface area contributed by atoms with E-state index in [2.05, 4.69) is 9.59 Å². The van der Waals surface area contributed by atoms with Gasteiger partial charge < -0.3 is 10.8 Å². The quantitative estimate of drug-likeness (QED) is 0.770. The highest BCUT2D eigenvalue weighted by atomic mass is 32.1. The van der Waals surface area contributed by atoms with E-state index in [1.54, 1.807) is 0 Å². The van der Waals surface area contributed by atoms with Crippen LogP contribution in [0, 0.1) is 0 Å². The van der Waals surface area contributed by atoms with E-state index in [0.717, 1.165) is 11.5 Å². The molecule has 0 spiro atoms. The molecule has 15 heavy (non-hydrogen) atoms. The fourth-order valence-corrected chi connectivity index (χ4v) is 1.93. The van der Waals surface area contributed by atoms with Gasteiger partial charge in [-0.3, -0.25) is 4.79 Å². The summed E-state index contributed by atoms with van der Waals surface area (Å²) >= 11 is 0.924. The Hall–Kier alpha value is -2.02. The van der Waals surface area contributed by atoms with Gasteiger partial charge in [0.1, 0.15) is 5.52 Å². The van der Waals surface area contributed by atoms with Crippen molar-refractivity contribution in [3.8, 4) is 0 Å². The fraction of sp³-hybridized carbons (Fsp3) is 0. The summed E-state index contributed by atoms with van der Waals surface area (Å²) in [5.41, 5.74) is 5.62. The van der Waals surface area contributed by atoms with Crippen molar-refractivity contribution in [1.29, 1.82) is 0 Å². The predicted octanol–water partition coefficient (Wildman–Crippen LogP) is 0.488. The van der Waals surface area contributed by atoms with Crippen LogP contribution in [0.3, 0.4) is 0 Å². The molecule has 7 heteroatoms. The van der Waals surface area contributed by atoms with E-state index in [1.807, 2.05) is 0 Å². The molecule has 0 atom stereocenters. The smallest absolute Gasteiger partial charge is 0.337 e. The van der Waals surface area contributed by atoms with Crippen molar-refractivity contribution in [2.24, 2.45) is 5.73 Å². The number of nitrogens with two attached hydrogens (primary N) is 1. The zero-order valence-electron chi connectivity index (χ0n) is 7.30. The molecular weight excluding hydrogens is 218 g/mol. The van der Waals surface area contributed by atoms with E-state index in [9.17, 15) is 9.59 Å². The second-order valence-corrected chi connectivity index (χ2v) is 3.53. The number of hydrogen-bond acceptors (Lipinski definition) is 5. The molecule has 6 nitrogen and oxygen atoms in total. The molecule has 0 saturated carbocycles. The molecule has 1 aromatic heterocycles. The third-order valence-electron chi connectivity index (χ3n) is 1.90. The maximum absolute atomic E-state index is 11.0. The molecule has 76 valence electrons. The first-order chi connectivity index (χ1) is 7.11. The van der Waals surface area contributed by atoms with Crippen molar-refractivity contribution in [3.05, 3.63) is 23.3 Å². The first-order valence-electron chi connectivity index (χ1n) is 3.89. The highest BCUT2D eigenvalue weighted by Crippen LogP contribution is 2.23. The summed E-state index contributed by atoms with van der Waals surface area (Å²) in [6.45, 7) is 0. The van der Waals surface area contributed by atoms with Crippen LogP contribution in [0.5, 0.6) is 0 Å². The average Bonchev–Trinajstić information content (AvgIpc) is 2.63. The SMILES string of the molecule is NC(=O)c1ccc(C(=O)O)c2snnc12. The normalized spacial score (nSPS) is 10.4. The molecule has 2 rings (SSSR count). The number of aromatic carboxylic acids is 1. The molecule has 0 saturated heterocycles. The van der Waals surface area contributed by atoms with E-state index in [0.29, 0.717) is 4.70 Å². The largest absolute Gasteiger partial charge is 0.478 e. The number of primary amides is 1. The average molecular weight is 223 g/mol. The first kappa shape index (κ1) is 9.53. The van der Waals surface area contributed by atoms with Crippen LogP contribution < -0.4 is 5.73 Å². The van der Waals surface area contributed by atoms with Gasteiger partial charge in [0.25, 0.3) is 5.91 Å². The number of carbonyl (C=O) groups is 2. The standard InChI is InChI=1S/C8H5N3O3S/c9-7(12)3-1-2-4(8(13)14)6-5(3)10-11-15-6/h1-2H,(H2,9,12)(H,13,14). The second kappa shape index (κ2) is 3.28. The van der Waals surface area contributed by atoms with Crippen LogP contribution in [-0.2, 0) is 0 Å². The summed E-state index contributed by atoms with van der Waals surface area (Å²) in [6, 6.07) is 2.67. The molecule has 2 aromatic rings. The van der Waals surface area contributed by atoms with Crippen LogP contribution in [0.2, 0.25) is 0 Å². The summed E-state index contributed by atoms with van der Waals surface area (Å²) in [4.78, 5) is 21.8. The van der Waals surface area contributed by atoms with Gasteiger partial charge in [0.15, 0.2) is 0 Å². The zero-order valence-corrected chi connectivity index (χ0v) is 8.11. The number of aromatic nitrogens is 2. The van der Waals surface area contributed by atoms with Gasteiger partial charge >= 0.3 is 5.97 Å². The molecule has 0 aliphatic carbocycles. The highest BCUT2D eigenvalue weighted by molar-refractivity contribution is 7.13. The lowest BCUT2D eigenvalue weighted by molar-refractivity contribution is 0.0698. The minimum atomic E-state index is -1.08. The van der Waals surface area contributed by atoms with Crippen molar-refractivity contribution >= 4 is 33.6 Å². The topological polar surface area (TPSA) is 106 Å². The van der Waals surface area contributed by atoms with Gasteiger partial charge in [0.05, 0.1) is 15.8 Å². The summed E-state index contributed by atoms with van der Waals surface area (Å²) in [6.07, 6.45) is 0. The van der Waals surface area contributed by atoms with Crippen molar-refractivity contribution in [2.45, 2.75) is 0 Å². The number of benzene rings is 1. The van der Waals surface area contributed by atoms with E-state index in [-0.39, 0.29) is 16.6 Å². The number of carbonyl (C=O) groups excluding carboxylic acids is 1. The maximum atomic E-state index is 11.0. The number of hydrogen-bond donors (Lipinski definition) is 2. The Morgan fingerprint density at radius 1 is 1.33 bits per heavy atom. The second-order valence-electron chi connectivity index (χ2n) is 2.78. The monoisotopic (exact) mass is 223 g/mol. The Bertz CT molecular complexity index is 515. The Balaban J connectivity index is 2.82. The minimum absolute atomic E-state index is 0.0741. The molecule has 0 unspecified atom stereocenters. The number of rotatable bonds is 2. The molecule has 1 amide bonds. The first-order valence-corrected chi connectivity index (χ1v) is 4.66. The van der Waals surface area contributed by atoms with Crippen LogP contribution in [-0.4, -0.2) is 26.6 Å². The Morgan fingerprint density at radius 3 is 2.60 bits per heavy atom. The Morgan fingerprint density at radius 2 is 2.00 bits per heavy atom. The van der Waals surface area contributed by atoms with Gasteiger partial charge in [-0.25, -0.2) is 4.79 Å². The lowest BCUT2D eigenvalue weighted by Crippen LogP contribution is -2.12. The Labute approximate surface area is 87.5 Å². The summed E-state index contributed by atoms with van der Waals surface area (Å²) in [5, 5.41) is 12.6. The van der Waals surface area contributed by atoms with Gasteiger partial charge in [-0.05, 0) is 23.7 Å².